The van der Waals surface area contributed by atoms with Crippen LogP contribution in [0, 0.1) is 24.7 Å². The van der Waals surface area contributed by atoms with Gasteiger partial charge in [0.15, 0.2) is 5.82 Å². The monoisotopic (exact) mass is 454 g/mol. The first kappa shape index (κ1) is 20.9. The molecule has 32 heavy (non-hydrogen) atoms. The first-order valence-electron chi connectivity index (χ1n) is 10.8. The molecule has 1 aliphatic carbocycles. The van der Waals surface area contributed by atoms with E-state index in [1.54, 1.807) is 18.5 Å². The van der Waals surface area contributed by atoms with Crippen LogP contribution < -0.4 is 9.64 Å². The Morgan fingerprint density at radius 2 is 1.97 bits per heavy atom. The molecule has 2 aliphatic rings. The number of nitrogens with zero attached hydrogens (tertiary/aromatic N) is 6. The third kappa shape index (κ3) is 4.19. The summed E-state index contributed by atoms with van der Waals surface area (Å²) in [5, 5.41) is 4.94. The number of piperidine rings is 1. The van der Waals surface area contributed by atoms with Gasteiger partial charge in [-0.1, -0.05) is 23.7 Å². The highest BCUT2D eigenvalue weighted by molar-refractivity contribution is 6.32. The Hall–Kier alpha value is -3.00. The highest BCUT2D eigenvalue weighted by atomic mass is 35.5. The largest absolute Gasteiger partial charge is 0.423 e. The van der Waals surface area contributed by atoms with Crippen molar-refractivity contribution in [1.29, 1.82) is 0 Å². The summed E-state index contributed by atoms with van der Waals surface area (Å²) in [5.74, 6) is 3.67. The Bertz CT molecular complexity index is 1120. The van der Waals surface area contributed by atoms with E-state index >= 15 is 0 Å². The molecule has 7 nitrogen and oxygen atoms in total. The topological polar surface area (TPSA) is 69.0 Å². The van der Waals surface area contributed by atoms with Crippen LogP contribution in [0.4, 0.5) is 10.2 Å². The molecule has 0 amide bonds. The smallest absolute Gasteiger partial charge is 0.325 e. The lowest BCUT2D eigenvalue weighted by Crippen LogP contribution is -2.43. The van der Waals surface area contributed by atoms with E-state index in [4.69, 9.17) is 16.3 Å². The number of aromatic nitrogens is 5. The molecule has 5 rings (SSSR count). The van der Waals surface area contributed by atoms with Gasteiger partial charge in [0.1, 0.15) is 24.2 Å². The van der Waals surface area contributed by atoms with Crippen LogP contribution in [0.25, 0.3) is 6.20 Å². The summed E-state index contributed by atoms with van der Waals surface area (Å²) < 4.78 is 20.1. The fraction of sp³-hybridized carbons (Fsp3) is 0.391. The molecule has 2 fully saturated rings. The molecule has 0 radical (unpaired) electrons. The van der Waals surface area contributed by atoms with Gasteiger partial charge in [0.2, 0.25) is 0 Å². The summed E-state index contributed by atoms with van der Waals surface area (Å²) in [7, 11) is 0. The molecule has 2 bridgehead atoms. The van der Waals surface area contributed by atoms with Crippen molar-refractivity contribution >= 4 is 23.6 Å². The lowest BCUT2D eigenvalue weighted by atomic mass is 9.82. The highest BCUT2D eigenvalue weighted by Crippen LogP contribution is 2.44. The van der Waals surface area contributed by atoms with Crippen molar-refractivity contribution in [1.82, 2.24) is 24.7 Å². The van der Waals surface area contributed by atoms with E-state index in [2.05, 4.69) is 25.0 Å². The van der Waals surface area contributed by atoms with Crippen molar-refractivity contribution < 1.29 is 9.13 Å². The van der Waals surface area contributed by atoms with E-state index in [1.165, 1.54) is 23.7 Å². The van der Waals surface area contributed by atoms with Crippen molar-refractivity contribution in [3.63, 3.8) is 0 Å². The standard InChI is InChI=1S/C23H24ClFN6O/c1-15-10-22(27-14-26-15)30-12-16-6-7-17(13-30)18(16)11-21-28-23(31(29-21)9-8-25)32-20-5-3-2-4-19(20)24/h2-5,8-10,14,16-18H,6-7,11-13H2,1H3. The molecule has 2 unspecified atom stereocenters. The van der Waals surface area contributed by atoms with E-state index in [0.717, 1.165) is 31.0 Å². The van der Waals surface area contributed by atoms with Crippen LogP contribution in [-0.2, 0) is 6.42 Å². The van der Waals surface area contributed by atoms with Crippen LogP contribution in [0.5, 0.6) is 11.8 Å². The Labute approximate surface area is 190 Å². The number of aryl methyl sites for hydroxylation is 1. The Morgan fingerprint density at radius 3 is 2.69 bits per heavy atom. The number of para-hydroxylation sites is 1. The maximum absolute atomic E-state index is 12.9. The lowest BCUT2D eigenvalue weighted by molar-refractivity contribution is 0.264. The van der Waals surface area contributed by atoms with Crippen molar-refractivity contribution in [2.75, 3.05) is 18.0 Å². The van der Waals surface area contributed by atoms with E-state index in [0.29, 0.717) is 40.7 Å². The third-order valence-corrected chi connectivity index (χ3v) is 6.75. The summed E-state index contributed by atoms with van der Waals surface area (Å²) >= 11 is 6.20. The average molecular weight is 455 g/mol. The third-order valence-electron chi connectivity index (χ3n) is 6.44. The number of fused-ring (bicyclic) bond motifs is 2. The second-order valence-electron chi connectivity index (χ2n) is 8.45. The first-order valence-corrected chi connectivity index (χ1v) is 11.2. The molecule has 1 saturated carbocycles. The van der Waals surface area contributed by atoms with Crippen molar-refractivity contribution in [2.24, 2.45) is 17.8 Å². The first-order chi connectivity index (χ1) is 15.6. The number of ether oxygens (including phenoxy) is 1. The number of halogens is 2. The number of anilines is 1. The molecule has 0 spiro atoms. The van der Waals surface area contributed by atoms with E-state index in [1.807, 2.05) is 25.1 Å². The summed E-state index contributed by atoms with van der Waals surface area (Å²) in [4.78, 5) is 15.6. The predicted octanol–water partition coefficient (Wildman–Crippen LogP) is 4.93. The van der Waals surface area contributed by atoms with Crippen molar-refractivity contribution in [3.05, 3.63) is 59.5 Å². The fourth-order valence-corrected chi connectivity index (χ4v) is 5.14. The SMILES string of the molecule is Cc1cc(N2CC3CCC(C2)C3Cc2nc(Oc3ccccc3Cl)n(C=CF)n2)ncn1. The van der Waals surface area contributed by atoms with Crippen LogP contribution in [-0.4, -0.2) is 37.8 Å². The average Bonchev–Trinajstić information content (AvgIpc) is 3.25. The quantitative estimate of drug-likeness (QED) is 0.526. The minimum Gasteiger partial charge on any atom is -0.423 e. The second kappa shape index (κ2) is 8.86. The zero-order valence-electron chi connectivity index (χ0n) is 17.7. The molecule has 3 aromatic rings. The number of rotatable bonds is 6. The molecule has 9 heteroatoms. The van der Waals surface area contributed by atoms with Gasteiger partial charge in [0.25, 0.3) is 0 Å². The van der Waals surface area contributed by atoms with E-state index in [9.17, 15) is 4.39 Å². The Kier molecular flexibility index (Phi) is 5.78. The van der Waals surface area contributed by atoms with Gasteiger partial charge in [-0.3, -0.25) is 0 Å². The minimum absolute atomic E-state index is 0.197. The molecule has 166 valence electrons. The van der Waals surface area contributed by atoms with Crippen LogP contribution >= 0.6 is 11.6 Å². The summed E-state index contributed by atoms with van der Waals surface area (Å²) in [5.41, 5.74) is 0.978. The normalized spacial score (nSPS) is 22.6. The van der Waals surface area contributed by atoms with Crippen molar-refractivity contribution in [3.8, 4) is 11.8 Å². The molecule has 1 aliphatic heterocycles. The lowest BCUT2D eigenvalue weighted by Gasteiger charge is -2.38. The number of benzene rings is 1. The zero-order valence-corrected chi connectivity index (χ0v) is 18.5. The van der Waals surface area contributed by atoms with Crippen LogP contribution in [0.2, 0.25) is 5.02 Å². The van der Waals surface area contributed by atoms with Gasteiger partial charge in [-0.05, 0) is 49.7 Å². The maximum Gasteiger partial charge on any atom is 0.325 e. The Morgan fingerprint density at radius 1 is 1.19 bits per heavy atom. The van der Waals surface area contributed by atoms with Crippen LogP contribution in [0.15, 0.2) is 43.0 Å². The van der Waals surface area contributed by atoms with Crippen LogP contribution in [0.3, 0.4) is 0 Å². The summed E-state index contributed by atoms with van der Waals surface area (Å²) in [6.45, 7) is 3.92. The molecule has 2 aromatic heterocycles. The number of hydrogen-bond donors (Lipinski definition) is 0. The van der Waals surface area contributed by atoms with Gasteiger partial charge in [-0.2, -0.15) is 9.67 Å². The van der Waals surface area contributed by atoms with Gasteiger partial charge >= 0.3 is 6.01 Å². The molecule has 1 saturated heterocycles. The van der Waals surface area contributed by atoms with Gasteiger partial charge in [-0.15, -0.1) is 5.10 Å². The molecular formula is C23H24ClFN6O. The molecule has 3 heterocycles. The van der Waals surface area contributed by atoms with Gasteiger partial charge < -0.3 is 9.64 Å². The second-order valence-corrected chi connectivity index (χ2v) is 8.86. The van der Waals surface area contributed by atoms with Gasteiger partial charge in [0.05, 0.1) is 11.2 Å². The highest BCUT2D eigenvalue weighted by Gasteiger charge is 2.42. The molecule has 2 atom stereocenters. The number of hydrogen-bond acceptors (Lipinski definition) is 6. The maximum atomic E-state index is 12.9. The van der Waals surface area contributed by atoms with Crippen LogP contribution in [0.1, 0.15) is 24.4 Å². The van der Waals surface area contributed by atoms with Gasteiger partial charge in [0, 0.05) is 31.3 Å². The van der Waals surface area contributed by atoms with E-state index < -0.39 is 0 Å². The van der Waals surface area contributed by atoms with E-state index in [-0.39, 0.29) is 6.01 Å². The minimum atomic E-state index is 0.197. The van der Waals surface area contributed by atoms with Gasteiger partial charge in [-0.25, -0.2) is 14.4 Å². The van der Waals surface area contributed by atoms with Crippen molar-refractivity contribution in [2.45, 2.75) is 26.2 Å². The summed E-state index contributed by atoms with van der Waals surface area (Å²) in [6, 6.07) is 9.35. The molecule has 1 aromatic carbocycles. The predicted molar refractivity (Wildman–Crippen MR) is 120 cm³/mol. The molecule has 0 N–H and O–H groups in total. The molecular weight excluding hydrogens is 431 g/mol. The summed E-state index contributed by atoms with van der Waals surface area (Å²) in [6.07, 6.45) is 6.35. The fourth-order valence-electron chi connectivity index (χ4n) is 4.96. The zero-order chi connectivity index (χ0) is 22.1. The Balaban J connectivity index is 1.33.